The van der Waals surface area contributed by atoms with E-state index in [1.54, 1.807) is 0 Å². The van der Waals surface area contributed by atoms with Gasteiger partial charge in [0.2, 0.25) is 0 Å². The summed E-state index contributed by atoms with van der Waals surface area (Å²) < 4.78 is 0.554. The Labute approximate surface area is 86.7 Å². The smallest absolute Gasteiger partial charge is 0.0491 e. The molecule has 4 heteroatoms. The van der Waals surface area contributed by atoms with E-state index in [2.05, 4.69) is 32.6 Å². The van der Waals surface area contributed by atoms with Crippen molar-refractivity contribution in [3.63, 3.8) is 0 Å². The van der Waals surface area contributed by atoms with E-state index in [9.17, 15) is 0 Å². The lowest BCUT2D eigenvalue weighted by atomic mass is 9.97. The fourth-order valence-corrected chi connectivity index (χ4v) is 2.56. The minimum Gasteiger partial charge on any atom is -0.0895 e. The minimum absolute atomic E-state index is 0.246. The Bertz CT molecular complexity index is 177. The van der Waals surface area contributed by atoms with Crippen molar-refractivity contribution in [2.24, 2.45) is 5.11 Å². The molecule has 1 aliphatic rings. The van der Waals surface area contributed by atoms with Crippen LogP contribution in [0, 0.1) is 0 Å². The molecule has 2 unspecified atom stereocenters. The van der Waals surface area contributed by atoms with E-state index < -0.39 is 0 Å². The monoisotopic (exact) mass is 279 g/mol. The van der Waals surface area contributed by atoms with Gasteiger partial charge in [0, 0.05) is 14.9 Å². The van der Waals surface area contributed by atoms with Crippen molar-refractivity contribution in [1.82, 2.24) is 0 Å². The van der Waals surface area contributed by atoms with Gasteiger partial charge in [-0.25, -0.2) is 0 Å². The maximum absolute atomic E-state index is 8.35. The first-order valence-electron chi connectivity index (χ1n) is 4.53. The third-order valence-electron chi connectivity index (χ3n) is 2.35. The highest BCUT2D eigenvalue weighted by Gasteiger charge is 2.18. The highest BCUT2D eigenvalue weighted by molar-refractivity contribution is 14.1. The van der Waals surface area contributed by atoms with E-state index in [4.69, 9.17) is 5.53 Å². The van der Waals surface area contributed by atoms with Crippen LogP contribution in [0.2, 0.25) is 0 Å². The molecule has 0 aromatic rings. The number of hydrogen-bond acceptors (Lipinski definition) is 1. The second-order valence-corrected chi connectivity index (χ2v) is 4.88. The zero-order valence-electron chi connectivity index (χ0n) is 7.12. The lowest BCUT2D eigenvalue weighted by Gasteiger charge is -2.20. The van der Waals surface area contributed by atoms with Crippen molar-refractivity contribution < 1.29 is 0 Å². The molecule has 0 heterocycles. The van der Waals surface area contributed by atoms with Crippen molar-refractivity contribution in [3.05, 3.63) is 10.4 Å². The molecule has 0 bridgehead atoms. The first-order chi connectivity index (χ1) is 5.84. The van der Waals surface area contributed by atoms with Gasteiger partial charge in [0.1, 0.15) is 0 Å². The van der Waals surface area contributed by atoms with Crippen LogP contribution in [0.1, 0.15) is 38.5 Å². The molecule has 0 spiro atoms. The lowest BCUT2D eigenvalue weighted by molar-refractivity contribution is 0.472. The Morgan fingerprint density at radius 1 is 1.17 bits per heavy atom. The molecule has 0 saturated heterocycles. The number of azide groups is 1. The van der Waals surface area contributed by atoms with Gasteiger partial charge in [0.25, 0.3) is 0 Å². The first-order valence-corrected chi connectivity index (χ1v) is 5.77. The second kappa shape index (κ2) is 5.65. The number of halogens is 1. The van der Waals surface area contributed by atoms with Crippen LogP contribution in [0.5, 0.6) is 0 Å². The van der Waals surface area contributed by atoms with Crippen molar-refractivity contribution in [2.45, 2.75) is 48.5 Å². The SMILES string of the molecule is [N-]=[N+]=NC1CCCCCCC1I. The van der Waals surface area contributed by atoms with Gasteiger partial charge in [0.05, 0.1) is 0 Å². The standard InChI is InChI=1S/C8H14IN3/c9-7-5-3-1-2-4-6-8(7)11-12-10/h7-8H,1-6H2. The molecule has 0 aromatic heterocycles. The molecule has 1 fully saturated rings. The molecule has 0 aliphatic heterocycles. The van der Waals surface area contributed by atoms with Gasteiger partial charge in [-0.3, -0.25) is 0 Å². The lowest BCUT2D eigenvalue weighted by Crippen LogP contribution is -2.19. The van der Waals surface area contributed by atoms with E-state index in [0.29, 0.717) is 3.92 Å². The Morgan fingerprint density at radius 2 is 1.83 bits per heavy atom. The largest absolute Gasteiger partial charge is 0.0895 e. The summed E-state index contributed by atoms with van der Waals surface area (Å²) in [5.41, 5.74) is 8.35. The van der Waals surface area contributed by atoms with E-state index in [-0.39, 0.29) is 6.04 Å². The molecule has 0 radical (unpaired) electrons. The molecule has 2 atom stereocenters. The van der Waals surface area contributed by atoms with Crippen LogP contribution in [0.3, 0.4) is 0 Å². The minimum atomic E-state index is 0.246. The Hall–Kier alpha value is 0.0400. The highest BCUT2D eigenvalue weighted by atomic mass is 127. The van der Waals surface area contributed by atoms with Gasteiger partial charge in [0.15, 0.2) is 0 Å². The molecule has 0 N–H and O–H groups in total. The van der Waals surface area contributed by atoms with Gasteiger partial charge in [-0.05, 0) is 18.4 Å². The maximum Gasteiger partial charge on any atom is 0.0491 e. The van der Waals surface area contributed by atoms with Gasteiger partial charge in [-0.1, -0.05) is 53.4 Å². The summed E-state index contributed by atoms with van der Waals surface area (Å²) >= 11 is 2.42. The molecule has 68 valence electrons. The van der Waals surface area contributed by atoms with Crippen molar-refractivity contribution >= 4 is 22.6 Å². The molecule has 1 aliphatic carbocycles. The average Bonchev–Trinajstić information content (AvgIpc) is 2.05. The zero-order valence-corrected chi connectivity index (χ0v) is 9.27. The van der Waals surface area contributed by atoms with Crippen LogP contribution in [-0.2, 0) is 0 Å². The topological polar surface area (TPSA) is 48.8 Å². The number of rotatable bonds is 1. The quantitative estimate of drug-likeness (QED) is 0.230. The highest BCUT2D eigenvalue weighted by Crippen LogP contribution is 2.25. The Balaban J connectivity index is 2.48. The van der Waals surface area contributed by atoms with E-state index in [1.165, 1.54) is 32.1 Å². The van der Waals surface area contributed by atoms with Gasteiger partial charge >= 0.3 is 0 Å². The van der Waals surface area contributed by atoms with E-state index in [0.717, 1.165) is 6.42 Å². The predicted octanol–water partition coefficient (Wildman–Crippen LogP) is 3.82. The van der Waals surface area contributed by atoms with Gasteiger partial charge in [-0.2, -0.15) is 0 Å². The molecule has 0 aromatic carbocycles. The number of hydrogen-bond donors (Lipinski definition) is 0. The van der Waals surface area contributed by atoms with Gasteiger partial charge < -0.3 is 0 Å². The molecular weight excluding hydrogens is 265 g/mol. The van der Waals surface area contributed by atoms with E-state index in [1.807, 2.05) is 0 Å². The molecule has 0 amide bonds. The van der Waals surface area contributed by atoms with Crippen LogP contribution in [-0.4, -0.2) is 9.97 Å². The molecular formula is C8H14IN3. The number of nitrogens with zero attached hydrogens (tertiary/aromatic N) is 3. The number of alkyl halides is 1. The maximum atomic E-state index is 8.35. The second-order valence-electron chi connectivity index (χ2n) is 3.28. The third kappa shape index (κ3) is 3.19. The summed E-state index contributed by atoms with van der Waals surface area (Å²) in [6.07, 6.45) is 7.47. The van der Waals surface area contributed by atoms with Crippen LogP contribution in [0.25, 0.3) is 10.4 Å². The molecule has 12 heavy (non-hydrogen) atoms. The van der Waals surface area contributed by atoms with Crippen molar-refractivity contribution in [2.75, 3.05) is 0 Å². The predicted molar refractivity (Wildman–Crippen MR) is 58.4 cm³/mol. The van der Waals surface area contributed by atoms with Crippen LogP contribution in [0.4, 0.5) is 0 Å². The average molecular weight is 279 g/mol. The first kappa shape index (κ1) is 10.1. The third-order valence-corrected chi connectivity index (χ3v) is 3.80. The summed E-state index contributed by atoms with van der Waals surface area (Å²) in [6, 6.07) is 0.246. The Kier molecular flexibility index (Phi) is 4.76. The zero-order chi connectivity index (χ0) is 8.81. The van der Waals surface area contributed by atoms with Crippen molar-refractivity contribution in [1.29, 1.82) is 0 Å². The van der Waals surface area contributed by atoms with Crippen molar-refractivity contribution in [3.8, 4) is 0 Å². The normalized spacial score (nSPS) is 31.4. The van der Waals surface area contributed by atoms with Gasteiger partial charge in [-0.15, -0.1) is 0 Å². The Morgan fingerprint density at radius 3 is 2.50 bits per heavy atom. The fourth-order valence-electron chi connectivity index (χ4n) is 1.62. The summed E-state index contributed by atoms with van der Waals surface area (Å²) in [5.74, 6) is 0. The van der Waals surface area contributed by atoms with Crippen LogP contribution >= 0.6 is 22.6 Å². The van der Waals surface area contributed by atoms with E-state index >= 15 is 0 Å². The van der Waals surface area contributed by atoms with Crippen LogP contribution < -0.4 is 0 Å². The summed E-state index contributed by atoms with van der Waals surface area (Å²) in [5, 5.41) is 3.84. The molecule has 1 saturated carbocycles. The van der Waals surface area contributed by atoms with Crippen LogP contribution in [0.15, 0.2) is 5.11 Å². The summed E-state index contributed by atoms with van der Waals surface area (Å²) in [7, 11) is 0. The molecule has 3 nitrogen and oxygen atoms in total. The summed E-state index contributed by atoms with van der Waals surface area (Å²) in [4.78, 5) is 2.90. The fraction of sp³-hybridized carbons (Fsp3) is 1.00. The summed E-state index contributed by atoms with van der Waals surface area (Å²) in [6.45, 7) is 0. The molecule has 1 rings (SSSR count).